The molecule has 0 saturated carbocycles. The van der Waals surface area contributed by atoms with Crippen LogP contribution in [0.25, 0.3) is 10.9 Å². The number of H-pyrrole nitrogens is 1. The number of aliphatic carboxylic acids is 1. The molecular formula is C14H18N2O2. The number of para-hydroxylation sites is 1. The molecule has 3 N–H and O–H groups in total. The lowest BCUT2D eigenvalue weighted by Gasteiger charge is -2.16. The van der Waals surface area contributed by atoms with Gasteiger partial charge in [-0.05, 0) is 11.6 Å². The van der Waals surface area contributed by atoms with Gasteiger partial charge in [-0.3, -0.25) is 4.79 Å². The van der Waals surface area contributed by atoms with E-state index in [9.17, 15) is 9.90 Å². The van der Waals surface area contributed by atoms with E-state index in [0.717, 1.165) is 16.5 Å². The van der Waals surface area contributed by atoms with Crippen molar-refractivity contribution >= 4 is 16.9 Å². The van der Waals surface area contributed by atoms with Gasteiger partial charge >= 0.3 is 5.97 Å². The maximum absolute atomic E-state index is 11.2. The van der Waals surface area contributed by atoms with E-state index >= 15 is 0 Å². The Morgan fingerprint density at radius 3 is 2.78 bits per heavy atom. The second-order valence-electron chi connectivity index (χ2n) is 4.78. The van der Waals surface area contributed by atoms with Crippen molar-refractivity contribution in [2.24, 2.45) is 0 Å². The summed E-state index contributed by atoms with van der Waals surface area (Å²) in [5, 5.41) is 13.4. The van der Waals surface area contributed by atoms with Crippen molar-refractivity contribution in [3.05, 3.63) is 36.0 Å². The third-order valence-corrected chi connectivity index (χ3v) is 2.93. The Balaban J connectivity index is 2.23. The molecule has 0 bridgehead atoms. The lowest BCUT2D eigenvalue weighted by Crippen LogP contribution is -2.42. The highest BCUT2D eigenvalue weighted by atomic mass is 16.4. The Morgan fingerprint density at radius 2 is 2.11 bits per heavy atom. The molecule has 0 saturated heterocycles. The molecule has 2 aromatic rings. The molecule has 0 radical (unpaired) electrons. The number of hydrogen-bond donors (Lipinski definition) is 3. The van der Waals surface area contributed by atoms with Crippen LogP contribution in [-0.4, -0.2) is 28.1 Å². The summed E-state index contributed by atoms with van der Waals surface area (Å²) in [4.78, 5) is 14.4. The van der Waals surface area contributed by atoms with E-state index in [2.05, 4.69) is 10.3 Å². The van der Waals surface area contributed by atoms with Gasteiger partial charge in [-0.2, -0.15) is 0 Å². The number of carboxylic acids is 1. The first-order valence-electron chi connectivity index (χ1n) is 6.11. The molecular weight excluding hydrogens is 228 g/mol. The van der Waals surface area contributed by atoms with Gasteiger partial charge in [0.05, 0.1) is 0 Å². The lowest BCUT2D eigenvalue weighted by molar-refractivity contribution is -0.139. The Labute approximate surface area is 106 Å². The van der Waals surface area contributed by atoms with Crippen molar-refractivity contribution in [3.8, 4) is 0 Å². The largest absolute Gasteiger partial charge is 0.480 e. The molecule has 96 valence electrons. The van der Waals surface area contributed by atoms with E-state index < -0.39 is 12.0 Å². The second-order valence-corrected chi connectivity index (χ2v) is 4.78. The first kappa shape index (κ1) is 12.6. The highest BCUT2D eigenvalue weighted by Crippen LogP contribution is 2.19. The normalized spacial score (nSPS) is 13.1. The van der Waals surface area contributed by atoms with Gasteiger partial charge in [-0.25, -0.2) is 0 Å². The van der Waals surface area contributed by atoms with Gasteiger partial charge < -0.3 is 15.4 Å². The minimum atomic E-state index is -0.811. The number of hydrogen-bond acceptors (Lipinski definition) is 2. The topological polar surface area (TPSA) is 65.1 Å². The second kappa shape index (κ2) is 5.23. The van der Waals surface area contributed by atoms with Crippen LogP contribution in [0.1, 0.15) is 19.4 Å². The first-order valence-corrected chi connectivity index (χ1v) is 6.11. The molecule has 4 heteroatoms. The van der Waals surface area contributed by atoms with Gasteiger partial charge in [-0.15, -0.1) is 0 Å². The van der Waals surface area contributed by atoms with Gasteiger partial charge in [0.25, 0.3) is 0 Å². The number of carbonyl (C=O) groups is 1. The summed E-state index contributed by atoms with van der Waals surface area (Å²) < 4.78 is 0. The van der Waals surface area contributed by atoms with Crippen molar-refractivity contribution in [1.82, 2.24) is 10.3 Å². The lowest BCUT2D eigenvalue weighted by atomic mass is 10.0. The molecule has 1 aromatic heterocycles. The Kier molecular flexibility index (Phi) is 3.67. The summed E-state index contributed by atoms with van der Waals surface area (Å²) in [6.45, 7) is 3.90. The number of carboxylic acid groups (broad SMARTS) is 1. The van der Waals surface area contributed by atoms with Crippen molar-refractivity contribution in [1.29, 1.82) is 0 Å². The zero-order chi connectivity index (χ0) is 13.1. The average Bonchev–Trinajstić information content (AvgIpc) is 2.71. The molecule has 1 aromatic carbocycles. The van der Waals surface area contributed by atoms with Crippen LogP contribution >= 0.6 is 0 Å². The number of benzene rings is 1. The van der Waals surface area contributed by atoms with E-state index in [1.165, 1.54) is 0 Å². The molecule has 0 amide bonds. The van der Waals surface area contributed by atoms with E-state index in [0.29, 0.717) is 6.42 Å². The van der Waals surface area contributed by atoms with E-state index in [1.54, 1.807) is 0 Å². The number of aromatic amines is 1. The maximum atomic E-state index is 11.2. The van der Waals surface area contributed by atoms with Crippen molar-refractivity contribution in [2.45, 2.75) is 32.4 Å². The minimum Gasteiger partial charge on any atom is -0.480 e. The molecule has 4 nitrogen and oxygen atoms in total. The van der Waals surface area contributed by atoms with Gasteiger partial charge in [-0.1, -0.05) is 32.0 Å². The Bertz CT molecular complexity index is 545. The van der Waals surface area contributed by atoms with Crippen LogP contribution in [-0.2, 0) is 11.2 Å². The fraction of sp³-hybridized carbons (Fsp3) is 0.357. The summed E-state index contributed by atoms with van der Waals surface area (Å²) in [5.74, 6) is -0.811. The molecule has 0 aliphatic heterocycles. The molecule has 1 atom stereocenters. The monoisotopic (exact) mass is 246 g/mol. The van der Waals surface area contributed by atoms with Crippen LogP contribution in [0.3, 0.4) is 0 Å². The van der Waals surface area contributed by atoms with Gasteiger partial charge in [0.2, 0.25) is 0 Å². The van der Waals surface area contributed by atoms with Crippen LogP contribution in [0.4, 0.5) is 0 Å². The quantitative estimate of drug-likeness (QED) is 0.757. The van der Waals surface area contributed by atoms with Crippen LogP contribution in [0.15, 0.2) is 30.5 Å². The van der Waals surface area contributed by atoms with Crippen molar-refractivity contribution in [3.63, 3.8) is 0 Å². The fourth-order valence-corrected chi connectivity index (χ4v) is 2.14. The summed E-state index contributed by atoms with van der Waals surface area (Å²) in [6, 6.07) is 7.52. The smallest absolute Gasteiger partial charge is 0.321 e. The molecule has 0 aliphatic rings. The third-order valence-electron chi connectivity index (χ3n) is 2.93. The van der Waals surface area contributed by atoms with Gasteiger partial charge in [0, 0.05) is 29.6 Å². The van der Waals surface area contributed by atoms with E-state index in [4.69, 9.17) is 0 Å². The molecule has 18 heavy (non-hydrogen) atoms. The predicted octanol–water partition coefficient (Wildman–Crippen LogP) is 2.16. The van der Waals surface area contributed by atoms with Crippen molar-refractivity contribution < 1.29 is 9.90 Å². The van der Waals surface area contributed by atoms with Crippen molar-refractivity contribution in [2.75, 3.05) is 0 Å². The molecule has 2 rings (SSSR count). The minimum absolute atomic E-state index is 0.149. The fourth-order valence-electron chi connectivity index (χ4n) is 2.14. The molecule has 0 unspecified atom stereocenters. The zero-order valence-electron chi connectivity index (χ0n) is 10.6. The Hall–Kier alpha value is -1.81. The van der Waals surface area contributed by atoms with E-state index in [1.807, 2.05) is 44.3 Å². The van der Waals surface area contributed by atoms with Crippen LogP contribution in [0.2, 0.25) is 0 Å². The number of fused-ring (bicyclic) bond motifs is 1. The average molecular weight is 246 g/mol. The zero-order valence-corrected chi connectivity index (χ0v) is 10.6. The SMILES string of the molecule is CC(C)N[C@@H](Cc1c[nH]c2ccccc12)C(=O)O. The number of aromatic nitrogens is 1. The standard InChI is InChI=1S/C14H18N2O2/c1-9(2)16-13(14(17)18)7-10-8-15-12-6-4-3-5-11(10)12/h3-6,8-9,13,15-16H,7H2,1-2H3,(H,17,18)/t13-/m0/s1. The molecule has 0 aliphatic carbocycles. The highest BCUT2D eigenvalue weighted by molar-refractivity contribution is 5.84. The number of rotatable bonds is 5. The molecule has 0 spiro atoms. The summed E-state index contributed by atoms with van der Waals surface area (Å²) in [6.07, 6.45) is 2.38. The van der Waals surface area contributed by atoms with Gasteiger partial charge in [0.1, 0.15) is 6.04 Å². The van der Waals surface area contributed by atoms with E-state index in [-0.39, 0.29) is 6.04 Å². The maximum Gasteiger partial charge on any atom is 0.321 e. The molecule has 1 heterocycles. The third kappa shape index (κ3) is 2.71. The Morgan fingerprint density at radius 1 is 1.39 bits per heavy atom. The van der Waals surface area contributed by atoms with Gasteiger partial charge in [0.15, 0.2) is 0 Å². The van der Waals surface area contributed by atoms with Crippen LogP contribution < -0.4 is 5.32 Å². The number of nitrogens with one attached hydrogen (secondary N) is 2. The highest BCUT2D eigenvalue weighted by Gasteiger charge is 2.19. The summed E-state index contributed by atoms with van der Waals surface area (Å²) >= 11 is 0. The first-order chi connectivity index (χ1) is 8.58. The molecule has 0 fully saturated rings. The predicted molar refractivity (Wildman–Crippen MR) is 71.7 cm³/mol. The van der Waals surface area contributed by atoms with Crippen LogP contribution in [0, 0.1) is 0 Å². The summed E-state index contributed by atoms with van der Waals surface area (Å²) in [5.41, 5.74) is 2.08. The van der Waals surface area contributed by atoms with Crippen LogP contribution in [0.5, 0.6) is 0 Å². The summed E-state index contributed by atoms with van der Waals surface area (Å²) in [7, 11) is 0.